The number of phenols is 1. The number of carboxylic acids is 1. The predicted molar refractivity (Wildman–Crippen MR) is 269 cm³/mol. The van der Waals surface area contributed by atoms with Crippen LogP contribution in [0.5, 0.6) is 11.5 Å². The fourth-order valence-corrected chi connectivity index (χ4v) is 12.2. The second-order valence-electron chi connectivity index (χ2n) is 18.4. The fraction of sp³-hybridized carbons (Fsp3) is 0.423. The summed E-state index contributed by atoms with van der Waals surface area (Å²) in [5.41, 5.74) is 3.38. The third kappa shape index (κ3) is 10.9. The zero-order valence-electron chi connectivity index (χ0n) is 38.8. The van der Waals surface area contributed by atoms with Gasteiger partial charge in [0.15, 0.2) is 23.6 Å². The first-order valence-electron chi connectivity index (χ1n) is 23.6. The van der Waals surface area contributed by atoms with E-state index in [0.717, 1.165) is 24.9 Å². The molecule has 70 heavy (non-hydrogen) atoms. The Morgan fingerprint density at radius 1 is 1.07 bits per heavy atom. The normalized spacial score (nSPS) is 26.2. The van der Waals surface area contributed by atoms with Gasteiger partial charge < -0.3 is 60.4 Å². The molecule has 18 heteroatoms. The highest BCUT2D eigenvalue weighted by Gasteiger charge is 2.69. The van der Waals surface area contributed by atoms with Crippen LogP contribution in [0.15, 0.2) is 100 Å². The number of β-amino-alcohol motifs (C(OH)–C–C–N with tert-alkyl or cyclic N) is 1. The molecule has 1 aliphatic carbocycles. The molecule has 9 N–H and O–H groups in total. The molecule has 8 rings (SSSR count). The molecule has 2 aliphatic heterocycles. The van der Waals surface area contributed by atoms with E-state index in [9.17, 15) is 39.6 Å². The number of phenolic OH excluding ortho intramolecular Hbond substituents is 1. The Kier molecular flexibility index (Phi) is 16.6. The van der Waals surface area contributed by atoms with Gasteiger partial charge in [-0.15, -0.1) is 0 Å². The summed E-state index contributed by atoms with van der Waals surface area (Å²) in [5, 5.41) is 51.9. The molecule has 3 aromatic carbocycles. The van der Waals surface area contributed by atoms with E-state index in [-0.39, 0.29) is 63.6 Å². The smallest absolute Gasteiger partial charge is 0.335 e. The molecule has 5 aromatic rings. The Bertz CT molecular complexity index is 2690. The van der Waals surface area contributed by atoms with Gasteiger partial charge in [0.05, 0.1) is 10.9 Å². The van der Waals surface area contributed by atoms with E-state index >= 15 is 0 Å². The van der Waals surface area contributed by atoms with Crippen LogP contribution >= 0.6 is 21.6 Å². The first-order valence-corrected chi connectivity index (χ1v) is 26.1. The van der Waals surface area contributed by atoms with Crippen molar-refractivity contribution in [3.63, 3.8) is 0 Å². The van der Waals surface area contributed by atoms with Crippen LogP contribution in [0.25, 0.3) is 28.2 Å². The monoisotopic (exact) mass is 996 g/mol. The third-order valence-corrected chi connectivity index (χ3v) is 16.1. The number of amides is 1. The molecule has 1 saturated carbocycles. The molecular formula is C52H60N4O12S2. The molecule has 2 saturated heterocycles. The molecule has 1 amide bonds. The third-order valence-electron chi connectivity index (χ3n) is 14.0. The predicted octanol–water partition coefficient (Wildman–Crippen LogP) is 6.37. The minimum absolute atomic E-state index is 0.00735. The summed E-state index contributed by atoms with van der Waals surface area (Å²) in [6, 6.07) is 20.6. The number of allylic oxidation sites excluding steroid dienone is 1. The molecule has 0 radical (unpaired) electrons. The molecule has 3 aliphatic rings. The zero-order valence-corrected chi connectivity index (χ0v) is 40.4. The maximum atomic E-state index is 13.9. The Morgan fingerprint density at radius 3 is 2.59 bits per heavy atom. The number of ether oxygens (including phenoxy) is 3. The number of H-pyrrole nitrogens is 1. The minimum atomic E-state index is -2.61. The number of carbonyl (C=O) groups is 3. The van der Waals surface area contributed by atoms with Crippen molar-refractivity contribution in [3.8, 4) is 22.6 Å². The number of aryl methyl sites for hydroxylation is 1. The van der Waals surface area contributed by atoms with Crippen LogP contribution in [0.4, 0.5) is 0 Å². The van der Waals surface area contributed by atoms with Crippen LogP contribution < -0.4 is 26.5 Å². The fourth-order valence-electron chi connectivity index (χ4n) is 10.1. The lowest BCUT2D eigenvalue weighted by atomic mass is 9.73. The number of carbonyl (C=O) groups excluding carboxylic acids is 2. The highest BCUT2D eigenvalue weighted by molar-refractivity contribution is 8.76. The molecule has 16 nitrogen and oxygen atoms in total. The molecule has 2 aromatic heterocycles. The number of nitrogens with one attached hydrogen (secondary N) is 3. The average Bonchev–Trinajstić information content (AvgIpc) is 4.09. The molecule has 0 spiro atoms. The van der Waals surface area contributed by atoms with Crippen molar-refractivity contribution >= 4 is 56.8 Å². The van der Waals surface area contributed by atoms with Crippen LogP contribution in [-0.2, 0) is 25.5 Å². The average molecular weight is 997 g/mol. The standard InChI is InChI=1S/C52H60N4O12S2/c1-31(8-6-11-32-9-2-3-10-33(32)12-7-22-56-36-13-4-5-14-36)40-26-55-28-51(64)50(68-46(49(62)63)47(60)52(51,29-57)65-30-70-69-27-41(40)35-21-23-54-25-35)66-38-19-20-39-42(24-38)67-45(48(53)61)43(44(39)59)34-15-17-37(58)18-16-34/h2-3,6,9-11,15-21,23-25,29,31,36,40-41,46-47,50,54-56,58,60,64H,4-5,7-8,12-14,22,26-28,30H2,1H3,(H2,53,61)(H,62,63)/b11-6+/t31-,40+,41-,46+,47-,50-,51+,52+/m1/s1. The van der Waals surface area contributed by atoms with E-state index in [4.69, 9.17) is 24.4 Å². The number of benzene rings is 3. The lowest BCUT2D eigenvalue weighted by Gasteiger charge is -2.53. The highest BCUT2D eigenvalue weighted by Crippen LogP contribution is 2.45. The summed E-state index contributed by atoms with van der Waals surface area (Å²) in [7, 11) is 2.74. The minimum Gasteiger partial charge on any atom is -0.508 e. The number of primary amides is 1. The quantitative estimate of drug-likeness (QED) is 0.0303. The van der Waals surface area contributed by atoms with E-state index in [0.29, 0.717) is 24.8 Å². The second-order valence-corrected chi connectivity index (χ2v) is 20.8. The topological polar surface area (TPSA) is 256 Å². The molecule has 372 valence electrons. The van der Waals surface area contributed by atoms with Crippen LogP contribution in [-0.4, -0.2) is 111 Å². The van der Waals surface area contributed by atoms with E-state index < -0.39 is 59.3 Å². The number of aldehydes is 1. The van der Waals surface area contributed by atoms with Crippen LogP contribution in [0.2, 0.25) is 0 Å². The number of aromatic amines is 1. The Morgan fingerprint density at radius 2 is 1.86 bits per heavy atom. The SMILES string of the molecule is C[C@H](C/C=C/c1ccccc1CCCNC1CCCC1)[C@@H]1CNC[C@]2(O)[C@H](Oc3ccc4c(=O)c(-c5ccc(O)cc5)c(C(N)=O)oc4c3)O[C@H](C(=O)O)[C@@H](O)[C@]2(C=O)OCSSC[C@@H]1c1cc[nH]c1. The zero-order chi connectivity index (χ0) is 49.4. The second kappa shape index (κ2) is 22.8. The van der Waals surface area contributed by atoms with E-state index in [1.807, 2.05) is 18.5 Å². The van der Waals surface area contributed by atoms with Crippen molar-refractivity contribution in [1.82, 2.24) is 15.6 Å². The van der Waals surface area contributed by atoms with Crippen LogP contribution in [0, 0.1) is 11.8 Å². The number of hydrogen-bond acceptors (Lipinski definition) is 15. The Balaban J connectivity index is 1.07. The Hall–Kier alpha value is -5.44. The van der Waals surface area contributed by atoms with Crippen molar-refractivity contribution in [2.75, 3.05) is 31.3 Å². The van der Waals surface area contributed by atoms with Gasteiger partial charge in [-0.2, -0.15) is 0 Å². The lowest BCUT2D eigenvalue weighted by molar-refractivity contribution is -0.340. The van der Waals surface area contributed by atoms with Gasteiger partial charge in [0, 0.05) is 36.8 Å². The molecule has 4 heterocycles. The molecular weight excluding hydrogens is 937 g/mol. The number of aromatic nitrogens is 1. The molecule has 8 atom stereocenters. The number of aliphatic hydroxyl groups excluding tert-OH is 1. The van der Waals surface area contributed by atoms with Crippen molar-refractivity contribution in [1.29, 1.82) is 0 Å². The van der Waals surface area contributed by atoms with Gasteiger partial charge in [0.2, 0.25) is 17.5 Å². The van der Waals surface area contributed by atoms with Crippen molar-refractivity contribution in [3.05, 3.63) is 124 Å². The summed E-state index contributed by atoms with van der Waals surface area (Å²) >= 11 is 0. The van der Waals surface area contributed by atoms with Gasteiger partial charge in [-0.25, -0.2) is 4.79 Å². The van der Waals surface area contributed by atoms with E-state index in [1.54, 1.807) is 0 Å². The van der Waals surface area contributed by atoms with Crippen LogP contribution in [0.1, 0.15) is 78.6 Å². The van der Waals surface area contributed by atoms with Gasteiger partial charge >= 0.3 is 5.97 Å². The van der Waals surface area contributed by atoms with Gasteiger partial charge in [0.1, 0.15) is 29.1 Å². The van der Waals surface area contributed by atoms with Crippen LogP contribution in [0.3, 0.4) is 0 Å². The summed E-state index contributed by atoms with van der Waals surface area (Å²) in [6.45, 7) is 2.99. The van der Waals surface area contributed by atoms with Crippen molar-refractivity contribution in [2.24, 2.45) is 17.6 Å². The van der Waals surface area contributed by atoms with Crippen molar-refractivity contribution < 1.29 is 53.4 Å². The number of aromatic hydroxyl groups is 1. The van der Waals surface area contributed by atoms with Crippen molar-refractivity contribution in [2.45, 2.75) is 93.5 Å². The van der Waals surface area contributed by atoms with Gasteiger partial charge in [-0.3, -0.25) is 14.4 Å². The number of rotatable bonds is 16. The molecule has 0 bridgehead atoms. The number of carboxylic acid groups (broad SMARTS) is 1. The van der Waals surface area contributed by atoms with E-state index in [2.05, 4.69) is 59.0 Å². The largest absolute Gasteiger partial charge is 0.508 e. The maximum absolute atomic E-state index is 13.9. The lowest BCUT2D eigenvalue weighted by Crippen LogP contribution is -2.80. The van der Waals surface area contributed by atoms with E-state index in [1.165, 1.54) is 101 Å². The van der Waals surface area contributed by atoms with Gasteiger partial charge in [-0.1, -0.05) is 89.9 Å². The number of nitrogens with two attached hydrogens (primary N) is 1. The number of fused-ring (bicyclic) bond motifs is 2. The summed E-state index contributed by atoms with van der Waals surface area (Å²) < 4.78 is 24.1. The number of hydrogen-bond donors (Lipinski definition) is 8. The highest BCUT2D eigenvalue weighted by atomic mass is 33.1. The number of aliphatic carboxylic acids is 1. The molecule has 3 fully saturated rings. The first kappa shape index (κ1) is 50.9. The summed E-state index contributed by atoms with van der Waals surface area (Å²) in [6.07, 6.45) is 10.0. The number of aliphatic hydroxyl groups is 2. The summed E-state index contributed by atoms with van der Waals surface area (Å²) in [5.74, 6) is -2.97. The van der Waals surface area contributed by atoms with Gasteiger partial charge in [0.25, 0.3) is 5.91 Å². The Labute approximate surface area is 413 Å². The maximum Gasteiger partial charge on any atom is 0.335 e. The van der Waals surface area contributed by atoms with Gasteiger partial charge in [-0.05, 0) is 116 Å². The molecule has 0 unspecified atom stereocenters. The summed E-state index contributed by atoms with van der Waals surface area (Å²) in [4.78, 5) is 55.9. The first-order chi connectivity index (χ1) is 33.8.